The fraction of sp³-hybridized carbons (Fsp3) is 0.452. The molecule has 2 aliphatic heterocycles. The van der Waals surface area contributed by atoms with Crippen molar-refractivity contribution < 1.29 is 26.7 Å². The summed E-state index contributed by atoms with van der Waals surface area (Å²) in [4.78, 5) is 8.50. The quantitative estimate of drug-likeness (QED) is 0.306. The van der Waals surface area contributed by atoms with Crippen LogP contribution in [0.3, 0.4) is 0 Å². The number of nitrogens with zero attached hydrogens (tertiary/aromatic N) is 3. The summed E-state index contributed by atoms with van der Waals surface area (Å²) in [5.41, 5.74) is 3.61. The van der Waals surface area contributed by atoms with Gasteiger partial charge in [0.05, 0.1) is 29.3 Å². The maximum absolute atomic E-state index is 16.2. The van der Waals surface area contributed by atoms with Crippen LogP contribution in [0.4, 0.5) is 30.2 Å². The SMILES string of the molecule is O=S(=O)(CCO)Nc1ccc(/C(F)=C/c2cc(N3CCC(F)(F)CC3)c3ncccc3c2)c(N2CCC3(CC2)CC3)c1. The monoisotopic (exact) mass is 600 g/mol. The summed E-state index contributed by atoms with van der Waals surface area (Å²) >= 11 is 0. The van der Waals surface area contributed by atoms with Gasteiger partial charge in [0, 0.05) is 61.9 Å². The van der Waals surface area contributed by atoms with E-state index in [1.54, 1.807) is 30.5 Å². The van der Waals surface area contributed by atoms with Crippen molar-refractivity contribution in [3.05, 3.63) is 59.8 Å². The van der Waals surface area contributed by atoms with Crippen molar-refractivity contribution in [2.45, 2.75) is 44.4 Å². The Hall–Kier alpha value is -3.31. The Morgan fingerprint density at radius 3 is 2.33 bits per heavy atom. The zero-order valence-corrected chi connectivity index (χ0v) is 24.1. The summed E-state index contributed by atoms with van der Waals surface area (Å²) in [6.07, 6.45) is 7.06. The number of fused-ring (bicyclic) bond motifs is 1. The van der Waals surface area contributed by atoms with Crippen molar-refractivity contribution in [2.24, 2.45) is 5.41 Å². The normalized spacial score (nSPS) is 20.2. The Kier molecular flexibility index (Phi) is 7.59. The van der Waals surface area contributed by atoms with Crippen molar-refractivity contribution >= 4 is 49.9 Å². The zero-order valence-electron chi connectivity index (χ0n) is 23.3. The fourth-order valence-electron chi connectivity index (χ4n) is 6.13. The van der Waals surface area contributed by atoms with Crippen molar-refractivity contribution in [1.29, 1.82) is 0 Å². The van der Waals surface area contributed by atoms with Crippen LogP contribution >= 0.6 is 0 Å². The lowest BCUT2D eigenvalue weighted by Gasteiger charge is -2.35. The highest BCUT2D eigenvalue weighted by Gasteiger charge is 2.44. The summed E-state index contributed by atoms with van der Waals surface area (Å²) in [6, 6.07) is 12.1. The van der Waals surface area contributed by atoms with Crippen LogP contribution in [0.15, 0.2) is 48.7 Å². The third-order valence-electron chi connectivity index (χ3n) is 8.85. The Balaban J connectivity index is 1.36. The number of rotatable bonds is 8. The van der Waals surface area contributed by atoms with Gasteiger partial charge in [-0.25, -0.2) is 21.6 Å². The number of piperidine rings is 2. The van der Waals surface area contributed by atoms with Gasteiger partial charge >= 0.3 is 0 Å². The van der Waals surface area contributed by atoms with Crippen LogP contribution in [0.2, 0.25) is 0 Å². The van der Waals surface area contributed by atoms with Gasteiger partial charge in [-0.1, -0.05) is 6.07 Å². The highest BCUT2D eigenvalue weighted by Crippen LogP contribution is 2.54. The van der Waals surface area contributed by atoms with E-state index in [1.807, 2.05) is 17.0 Å². The lowest BCUT2D eigenvalue weighted by molar-refractivity contribution is -0.0220. The average molecular weight is 601 g/mol. The number of aliphatic hydroxyl groups excluding tert-OH is 1. The maximum atomic E-state index is 16.2. The number of benzene rings is 2. The van der Waals surface area contributed by atoms with Gasteiger partial charge in [0.15, 0.2) is 0 Å². The molecular formula is C31H35F3N4O3S. The van der Waals surface area contributed by atoms with Gasteiger partial charge < -0.3 is 14.9 Å². The van der Waals surface area contributed by atoms with Crippen LogP contribution in [0.5, 0.6) is 0 Å². The Morgan fingerprint density at radius 2 is 1.64 bits per heavy atom. The Morgan fingerprint density at radius 1 is 0.952 bits per heavy atom. The number of hydrogen-bond acceptors (Lipinski definition) is 6. The predicted octanol–water partition coefficient (Wildman–Crippen LogP) is 6.05. The molecule has 0 radical (unpaired) electrons. The topological polar surface area (TPSA) is 85.8 Å². The predicted molar refractivity (Wildman–Crippen MR) is 161 cm³/mol. The highest BCUT2D eigenvalue weighted by atomic mass is 32.2. The third-order valence-corrected chi connectivity index (χ3v) is 10.1. The van der Waals surface area contributed by atoms with E-state index in [0.717, 1.165) is 31.3 Å². The highest BCUT2D eigenvalue weighted by molar-refractivity contribution is 7.92. The van der Waals surface area contributed by atoms with Gasteiger partial charge in [-0.15, -0.1) is 0 Å². The standard InChI is InChI=1S/C31H35F3N4O3S/c32-26(19-22-18-23-2-1-11-35-29(23)28(20-22)38-14-9-31(33,34)10-15-38)25-4-3-24(36-42(40,41)17-16-39)21-27(25)37-12-7-30(5-6-30)8-13-37/h1-4,11,18-21,36,39H,5-10,12-17H2/b26-19-. The van der Waals surface area contributed by atoms with E-state index >= 15 is 4.39 Å². The van der Waals surface area contributed by atoms with Crippen LogP contribution in [0.1, 0.15) is 49.7 Å². The van der Waals surface area contributed by atoms with Crippen LogP contribution in [0, 0.1) is 5.41 Å². The Labute approximate surface area is 244 Å². The number of pyridine rings is 1. The van der Waals surface area contributed by atoms with Crippen molar-refractivity contribution in [1.82, 2.24) is 4.98 Å². The molecule has 3 aromatic rings. The van der Waals surface area contributed by atoms with Gasteiger partial charge in [-0.05, 0) is 79.1 Å². The van der Waals surface area contributed by atoms with Crippen molar-refractivity contribution in [2.75, 3.05) is 53.1 Å². The number of halogens is 3. The van der Waals surface area contributed by atoms with Crippen LogP contribution in [-0.4, -0.2) is 63.0 Å². The first kappa shape index (κ1) is 28.8. The number of hydrogen-bond donors (Lipinski definition) is 2. The van der Waals surface area contributed by atoms with E-state index in [9.17, 15) is 17.2 Å². The van der Waals surface area contributed by atoms with E-state index in [0.29, 0.717) is 39.1 Å². The molecule has 7 nitrogen and oxygen atoms in total. The molecular weight excluding hydrogens is 565 g/mol. The minimum Gasteiger partial charge on any atom is -0.395 e. The first-order valence-electron chi connectivity index (χ1n) is 14.4. The fourth-order valence-corrected chi connectivity index (χ4v) is 6.96. The summed E-state index contributed by atoms with van der Waals surface area (Å²) in [6.45, 7) is 1.36. The second kappa shape index (κ2) is 11.1. The smallest absolute Gasteiger partial charge is 0.251 e. The molecule has 1 saturated carbocycles. The van der Waals surface area contributed by atoms with E-state index in [2.05, 4.69) is 14.6 Å². The molecule has 1 aliphatic carbocycles. The first-order valence-corrected chi connectivity index (χ1v) is 16.1. The summed E-state index contributed by atoms with van der Waals surface area (Å²) in [5, 5.41) is 9.90. The summed E-state index contributed by atoms with van der Waals surface area (Å²) in [7, 11) is -3.75. The molecule has 0 atom stereocenters. The second-order valence-corrected chi connectivity index (χ2v) is 13.7. The maximum Gasteiger partial charge on any atom is 0.251 e. The molecule has 2 saturated heterocycles. The Bertz CT molecular complexity index is 1600. The second-order valence-electron chi connectivity index (χ2n) is 11.8. The number of alkyl halides is 2. The lowest BCUT2D eigenvalue weighted by Crippen LogP contribution is -2.39. The molecule has 11 heteroatoms. The van der Waals surface area contributed by atoms with Crippen LogP contribution < -0.4 is 14.5 Å². The molecule has 224 valence electrons. The number of aliphatic hydroxyl groups is 1. The number of nitrogens with one attached hydrogen (secondary N) is 1. The zero-order chi connectivity index (χ0) is 29.5. The molecule has 3 heterocycles. The number of sulfonamides is 1. The number of anilines is 3. The molecule has 0 unspecified atom stereocenters. The molecule has 1 spiro atoms. The van der Waals surface area contributed by atoms with Crippen LogP contribution in [-0.2, 0) is 10.0 Å². The molecule has 1 aromatic heterocycles. The molecule has 6 rings (SSSR count). The van der Waals surface area contributed by atoms with Gasteiger partial charge in [0.25, 0.3) is 5.92 Å². The van der Waals surface area contributed by atoms with E-state index in [4.69, 9.17) is 5.11 Å². The molecule has 0 amide bonds. The van der Waals surface area contributed by atoms with E-state index < -0.39 is 34.1 Å². The molecule has 0 bridgehead atoms. The number of aromatic nitrogens is 1. The largest absolute Gasteiger partial charge is 0.395 e. The third kappa shape index (κ3) is 6.22. The first-order chi connectivity index (χ1) is 20.1. The molecule has 42 heavy (non-hydrogen) atoms. The summed E-state index contributed by atoms with van der Waals surface area (Å²) < 4.78 is 71.1. The average Bonchev–Trinajstić information content (AvgIpc) is 3.71. The van der Waals surface area contributed by atoms with E-state index in [1.165, 1.54) is 25.0 Å². The molecule has 2 aromatic carbocycles. The van der Waals surface area contributed by atoms with Gasteiger partial charge in [-0.2, -0.15) is 0 Å². The van der Waals surface area contributed by atoms with Gasteiger partial charge in [0.1, 0.15) is 5.83 Å². The molecule has 2 N–H and O–H groups in total. The van der Waals surface area contributed by atoms with Crippen LogP contribution in [0.25, 0.3) is 22.8 Å². The van der Waals surface area contributed by atoms with Gasteiger partial charge in [0.2, 0.25) is 10.0 Å². The lowest BCUT2D eigenvalue weighted by atomic mass is 9.93. The minimum atomic E-state index is -3.75. The summed E-state index contributed by atoms with van der Waals surface area (Å²) in [5.74, 6) is -3.61. The van der Waals surface area contributed by atoms with Gasteiger partial charge in [-0.3, -0.25) is 9.71 Å². The minimum absolute atomic E-state index is 0.183. The molecule has 3 aliphatic rings. The van der Waals surface area contributed by atoms with Crippen molar-refractivity contribution in [3.63, 3.8) is 0 Å². The molecule has 3 fully saturated rings. The van der Waals surface area contributed by atoms with E-state index in [-0.39, 0.29) is 25.9 Å². The van der Waals surface area contributed by atoms with Crippen molar-refractivity contribution in [3.8, 4) is 0 Å².